The fraction of sp³-hybridized carbons (Fsp3) is 0.286. The molecular weight excluding hydrogens is 218 g/mol. The van der Waals surface area contributed by atoms with E-state index in [-0.39, 0.29) is 0 Å². The Morgan fingerprint density at radius 3 is 2.73 bits per heavy atom. The molecule has 4 heteroatoms. The van der Waals surface area contributed by atoms with Gasteiger partial charge in [-0.05, 0) is 28.1 Å². The van der Waals surface area contributed by atoms with Crippen molar-refractivity contribution < 1.29 is 13.6 Å². The predicted molar refractivity (Wildman–Crippen MR) is 40.3 cm³/mol. The van der Waals surface area contributed by atoms with Gasteiger partial charge in [-0.1, -0.05) is 6.08 Å². The third kappa shape index (κ3) is 1.56. The van der Waals surface area contributed by atoms with Crippen molar-refractivity contribution in [3.8, 4) is 0 Å². The quantitative estimate of drug-likeness (QED) is 0.621. The van der Waals surface area contributed by atoms with Crippen LogP contribution >= 0.6 is 15.9 Å². The molecule has 0 bridgehead atoms. The highest BCUT2D eigenvalue weighted by Gasteiger charge is 2.39. The fourth-order valence-corrected chi connectivity index (χ4v) is 1.24. The van der Waals surface area contributed by atoms with Gasteiger partial charge in [0.05, 0.1) is 0 Å². The van der Waals surface area contributed by atoms with Gasteiger partial charge in [-0.2, -0.15) is 0 Å². The molecular formula is C7H4BrF2O. The van der Waals surface area contributed by atoms with E-state index in [1.165, 1.54) is 12.4 Å². The number of hydrogen-bond acceptors (Lipinski definition) is 1. The number of allylic oxidation sites excluding steroid dienone is 4. The summed E-state index contributed by atoms with van der Waals surface area (Å²) in [5.74, 6) is -2.30. The summed E-state index contributed by atoms with van der Waals surface area (Å²) >= 11 is 2.56. The molecule has 1 nitrogen and oxygen atoms in total. The third-order valence-electron chi connectivity index (χ3n) is 1.35. The summed E-state index contributed by atoms with van der Waals surface area (Å²) in [6.07, 6.45) is 4.58. The number of alkyl halides is 2. The molecule has 0 aromatic heterocycles. The van der Waals surface area contributed by atoms with Crippen molar-refractivity contribution in [2.45, 2.75) is 4.58 Å². The van der Waals surface area contributed by atoms with Crippen LogP contribution in [0.4, 0.5) is 8.78 Å². The fourth-order valence-electron chi connectivity index (χ4n) is 0.779. The molecule has 1 aliphatic rings. The van der Waals surface area contributed by atoms with Crippen LogP contribution in [0.3, 0.4) is 0 Å². The molecule has 11 heavy (non-hydrogen) atoms. The van der Waals surface area contributed by atoms with Gasteiger partial charge in [-0.3, -0.25) is 4.79 Å². The molecule has 2 unspecified atom stereocenters. The van der Waals surface area contributed by atoms with Crippen molar-refractivity contribution in [3.05, 3.63) is 24.1 Å². The first kappa shape index (κ1) is 8.59. The van der Waals surface area contributed by atoms with Crippen LogP contribution in [0.15, 0.2) is 24.1 Å². The molecule has 2 atom stereocenters. The summed E-state index contributed by atoms with van der Waals surface area (Å²) < 4.78 is 23.6. The Labute approximate surface area is 70.9 Å². The molecule has 0 spiro atoms. The van der Waals surface area contributed by atoms with Gasteiger partial charge in [0, 0.05) is 0 Å². The molecule has 0 aromatic rings. The van der Waals surface area contributed by atoms with Gasteiger partial charge in [0.2, 0.25) is 6.29 Å². The van der Waals surface area contributed by atoms with E-state index in [1.54, 1.807) is 0 Å². The molecule has 0 aromatic carbocycles. The highest BCUT2D eigenvalue weighted by atomic mass is 79.9. The predicted octanol–water partition coefficient (Wildman–Crippen LogP) is 2.20. The molecule has 1 aliphatic carbocycles. The van der Waals surface area contributed by atoms with E-state index in [4.69, 9.17) is 0 Å². The van der Waals surface area contributed by atoms with Crippen LogP contribution in [0.1, 0.15) is 0 Å². The summed E-state index contributed by atoms with van der Waals surface area (Å²) in [5.41, 5.74) is 0. The Bertz CT molecular complexity index is 233. The first-order chi connectivity index (χ1) is 5.08. The van der Waals surface area contributed by atoms with E-state index < -0.39 is 16.3 Å². The van der Waals surface area contributed by atoms with Gasteiger partial charge in [-0.25, -0.2) is 8.78 Å². The van der Waals surface area contributed by atoms with Crippen molar-refractivity contribution in [3.63, 3.8) is 0 Å². The lowest BCUT2D eigenvalue weighted by Crippen LogP contribution is -2.27. The van der Waals surface area contributed by atoms with E-state index in [9.17, 15) is 13.6 Å². The lowest BCUT2D eigenvalue weighted by atomic mass is 9.99. The highest BCUT2D eigenvalue weighted by molar-refractivity contribution is 9.10. The lowest BCUT2D eigenvalue weighted by Gasteiger charge is -2.21. The topological polar surface area (TPSA) is 17.1 Å². The average Bonchev–Trinajstić information content (AvgIpc) is 1.86. The van der Waals surface area contributed by atoms with Gasteiger partial charge in [-0.15, -0.1) is 0 Å². The molecule has 0 heterocycles. The zero-order chi connectivity index (χ0) is 8.48. The highest BCUT2D eigenvalue weighted by Crippen LogP contribution is 2.37. The monoisotopic (exact) mass is 221 g/mol. The minimum atomic E-state index is -2.12. The Balaban J connectivity index is 2.97. The maximum atomic E-state index is 13.1. The standard InChI is InChI=1S/C7H4BrF2O/c8-7(10)3-1-2-6(9)5(7)4-11/h1-3,5H. The molecule has 1 radical (unpaired) electrons. The number of rotatable bonds is 1. The number of hydrogen-bond donors (Lipinski definition) is 0. The summed E-state index contributed by atoms with van der Waals surface area (Å²) in [5, 5.41) is 0. The van der Waals surface area contributed by atoms with Crippen molar-refractivity contribution in [2.75, 3.05) is 0 Å². The van der Waals surface area contributed by atoms with Gasteiger partial charge >= 0.3 is 0 Å². The zero-order valence-electron chi connectivity index (χ0n) is 5.35. The minimum Gasteiger partial charge on any atom is -0.290 e. The van der Waals surface area contributed by atoms with Gasteiger partial charge in [0.1, 0.15) is 11.7 Å². The van der Waals surface area contributed by atoms with E-state index in [1.807, 2.05) is 0 Å². The molecule has 0 N–H and O–H groups in total. The van der Waals surface area contributed by atoms with Crippen LogP contribution in [0, 0.1) is 5.92 Å². The summed E-state index contributed by atoms with van der Waals surface area (Å²) in [4.78, 5) is 10.1. The second kappa shape index (κ2) is 2.85. The minimum absolute atomic E-state index is 0.818. The zero-order valence-corrected chi connectivity index (χ0v) is 6.94. The lowest BCUT2D eigenvalue weighted by molar-refractivity contribution is 0.290. The first-order valence-electron chi connectivity index (χ1n) is 2.88. The maximum Gasteiger partial charge on any atom is 0.213 e. The molecule has 0 saturated carbocycles. The Hall–Kier alpha value is -0.510. The molecule has 0 aliphatic heterocycles. The molecule has 0 saturated heterocycles. The normalized spacial score (nSPS) is 36.6. The summed E-state index contributed by atoms with van der Waals surface area (Å²) in [7, 11) is 0. The van der Waals surface area contributed by atoms with Crippen molar-refractivity contribution in [1.29, 1.82) is 0 Å². The average molecular weight is 222 g/mol. The van der Waals surface area contributed by atoms with Crippen LogP contribution in [0.2, 0.25) is 0 Å². The SMILES string of the molecule is O=[C]C1C(F)=CC=CC1(F)Br. The molecule has 0 fully saturated rings. The second-order valence-corrected chi connectivity index (χ2v) is 3.35. The third-order valence-corrected chi connectivity index (χ3v) is 2.07. The van der Waals surface area contributed by atoms with Crippen LogP contribution in [0.25, 0.3) is 0 Å². The van der Waals surface area contributed by atoms with Crippen LogP contribution < -0.4 is 0 Å². The van der Waals surface area contributed by atoms with E-state index in [0.29, 0.717) is 0 Å². The van der Waals surface area contributed by atoms with Crippen LogP contribution in [-0.2, 0) is 4.79 Å². The first-order valence-corrected chi connectivity index (χ1v) is 3.67. The smallest absolute Gasteiger partial charge is 0.213 e. The number of halogens is 3. The Morgan fingerprint density at radius 1 is 1.73 bits per heavy atom. The largest absolute Gasteiger partial charge is 0.290 e. The number of carbonyl (C=O) groups excluding carboxylic acids is 1. The van der Waals surface area contributed by atoms with E-state index in [2.05, 4.69) is 15.9 Å². The molecule has 1 rings (SSSR count). The molecule has 59 valence electrons. The summed E-state index contributed by atoms with van der Waals surface area (Å²) in [6, 6.07) is 0. The second-order valence-electron chi connectivity index (χ2n) is 2.14. The van der Waals surface area contributed by atoms with E-state index >= 15 is 0 Å². The Morgan fingerprint density at radius 2 is 2.36 bits per heavy atom. The van der Waals surface area contributed by atoms with Gasteiger partial charge in [0.25, 0.3) is 0 Å². The maximum absolute atomic E-state index is 13.1. The summed E-state index contributed by atoms with van der Waals surface area (Å²) in [6.45, 7) is 0. The van der Waals surface area contributed by atoms with Gasteiger partial charge < -0.3 is 0 Å². The van der Waals surface area contributed by atoms with Gasteiger partial charge in [0.15, 0.2) is 4.58 Å². The molecule has 0 amide bonds. The van der Waals surface area contributed by atoms with Crippen molar-refractivity contribution >= 4 is 22.2 Å². The van der Waals surface area contributed by atoms with Crippen molar-refractivity contribution in [1.82, 2.24) is 0 Å². The van der Waals surface area contributed by atoms with Crippen molar-refractivity contribution in [2.24, 2.45) is 5.92 Å². The van der Waals surface area contributed by atoms with Crippen LogP contribution in [0.5, 0.6) is 0 Å². The van der Waals surface area contributed by atoms with E-state index in [0.717, 1.165) is 12.2 Å². The Kier molecular flexibility index (Phi) is 2.23. The van der Waals surface area contributed by atoms with Crippen LogP contribution in [-0.4, -0.2) is 10.9 Å².